The van der Waals surface area contributed by atoms with Gasteiger partial charge in [0.05, 0.1) is 5.52 Å². The van der Waals surface area contributed by atoms with Crippen LogP contribution in [0.25, 0.3) is 10.9 Å². The van der Waals surface area contributed by atoms with Gasteiger partial charge in [-0.3, -0.25) is 9.59 Å². The predicted molar refractivity (Wildman–Crippen MR) is 78.0 cm³/mol. The molecule has 1 aromatic heterocycles. The van der Waals surface area contributed by atoms with Crippen LogP contribution in [0.15, 0.2) is 35.3 Å². The Hall–Kier alpha value is -2.14. The van der Waals surface area contributed by atoms with Crippen molar-refractivity contribution in [3.8, 4) is 0 Å². The van der Waals surface area contributed by atoms with Gasteiger partial charge in [-0.2, -0.15) is 0 Å². The third-order valence-corrected chi connectivity index (χ3v) is 3.15. The van der Waals surface area contributed by atoms with Crippen molar-refractivity contribution in [3.05, 3.63) is 46.2 Å². The van der Waals surface area contributed by atoms with E-state index in [0.717, 1.165) is 11.9 Å². The van der Waals surface area contributed by atoms with Gasteiger partial charge in [0.25, 0.3) is 5.91 Å². The number of aryl methyl sites for hydroxylation is 1. The van der Waals surface area contributed by atoms with Crippen LogP contribution in [0.3, 0.4) is 0 Å². The van der Waals surface area contributed by atoms with Crippen LogP contribution >= 0.6 is 0 Å². The lowest BCUT2D eigenvalue weighted by molar-refractivity contribution is 0.0947. The summed E-state index contributed by atoms with van der Waals surface area (Å²) in [6.45, 7) is 1.07. The Kier molecular flexibility index (Phi) is 4.53. The van der Waals surface area contributed by atoms with Crippen molar-refractivity contribution in [3.63, 3.8) is 0 Å². The molecule has 1 amide bonds. The van der Waals surface area contributed by atoms with Crippen LogP contribution in [0.2, 0.25) is 0 Å². The highest BCUT2D eigenvalue weighted by Gasteiger charge is 2.13. The molecule has 0 aliphatic rings. The molecule has 2 aromatic rings. The minimum atomic E-state index is -0.340. The quantitative estimate of drug-likeness (QED) is 0.836. The minimum absolute atomic E-state index is 0.170. The second kappa shape index (κ2) is 6.34. The average Bonchev–Trinajstić information content (AvgIpc) is 2.47. The molecule has 2 rings (SSSR count). The number of carbonyl (C=O) groups is 1. The number of amides is 1. The first-order chi connectivity index (χ1) is 9.65. The highest BCUT2D eigenvalue weighted by Crippen LogP contribution is 2.09. The summed E-state index contributed by atoms with van der Waals surface area (Å²) in [5.74, 6) is -0.340. The number of rotatable bonds is 5. The topological polar surface area (TPSA) is 60.3 Å². The normalized spacial score (nSPS) is 10.7. The molecule has 1 heterocycles. The average molecular weight is 274 g/mol. The van der Waals surface area contributed by atoms with Crippen LogP contribution in [0, 0.1) is 0 Å². The Morgan fingerprint density at radius 1 is 1.35 bits per heavy atom. The van der Waals surface area contributed by atoms with Crippen LogP contribution < -0.4 is 10.7 Å². The molecule has 20 heavy (non-hydrogen) atoms. The van der Waals surface area contributed by atoms with Crippen LogP contribution in [0.5, 0.6) is 0 Å². The number of aromatic nitrogens is 1. The van der Waals surface area contributed by atoms with Crippen LogP contribution in [-0.4, -0.2) is 30.7 Å². The number of hydrogen-bond acceptors (Lipinski definition) is 3. The summed E-state index contributed by atoms with van der Waals surface area (Å²) >= 11 is 0. The van der Waals surface area contributed by atoms with Gasteiger partial charge >= 0.3 is 0 Å². The second-order valence-corrected chi connectivity index (χ2v) is 4.60. The molecule has 5 nitrogen and oxygen atoms in total. The Bertz CT molecular complexity index is 676. The predicted octanol–water partition coefficient (Wildman–Crippen LogP) is 1.30. The molecule has 0 spiro atoms. The summed E-state index contributed by atoms with van der Waals surface area (Å²) < 4.78 is 6.71. The fourth-order valence-corrected chi connectivity index (χ4v) is 2.12. The van der Waals surface area contributed by atoms with Gasteiger partial charge in [-0.1, -0.05) is 12.1 Å². The van der Waals surface area contributed by atoms with Crippen molar-refractivity contribution in [1.82, 2.24) is 9.88 Å². The molecule has 0 bridgehead atoms. The highest BCUT2D eigenvalue weighted by atomic mass is 16.5. The molecular formula is C15H18N2O3. The molecule has 0 unspecified atom stereocenters. The van der Waals surface area contributed by atoms with Gasteiger partial charge in [0.2, 0.25) is 5.43 Å². The van der Waals surface area contributed by atoms with Gasteiger partial charge < -0.3 is 14.6 Å². The van der Waals surface area contributed by atoms with E-state index in [0.29, 0.717) is 18.5 Å². The summed E-state index contributed by atoms with van der Waals surface area (Å²) in [5, 5.41) is 3.29. The number of methoxy groups -OCH3 is 1. The summed E-state index contributed by atoms with van der Waals surface area (Å²) in [7, 11) is 3.43. The van der Waals surface area contributed by atoms with E-state index in [2.05, 4.69) is 5.32 Å². The lowest BCUT2D eigenvalue weighted by Gasteiger charge is -2.09. The Balaban J connectivity index is 2.28. The fourth-order valence-electron chi connectivity index (χ4n) is 2.12. The van der Waals surface area contributed by atoms with Crippen LogP contribution in [-0.2, 0) is 11.8 Å². The van der Waals surface area contributed by atoms with Crippen LogP contribution in [0.1, 0.15) is 16.8 Å². The standard InChI is InChI=1S/C15H18N2O3/c1-17-10-12(15(19)16-8-5-9-20-2)14(18)11-6-3-4-7-13(11)17/h3-4,6-7,10H,5,8-9H2,1-2H3,(H,16,19). The van der Waals surface area contributed by atoms with Crippen molar-refractivity contribution in [2.24, 2.45) is 7.05 Å². The Labute approximate surface area is 117 Å². The fraction of sp³-hybridized carbons (Fsp3) is 0.333. The van der Waals surface area contributed by atoms with Gasteiger partial charge in [0.1, 0.15) is 5.56 Å². The summed E-state index contributed by atoms with van der Waals surface area (Å²) in [6, 6.07) is 7.26. The molecule has 5 heteroatoms. The maximum Gasteiger partial charge on any atom is 0.256 e. The summed E-state index contributed by atoms with van der Waals surface area (Å²) in [5.41, 5.74) is 0.750. The lowest BCUT2D eigenvalue weighted by Crippen LogP contribution is -2.30. The number of benzene rings is 1. The Morgan fingerprint density at radius 2 is 2.10 bits per heavy atom. The summed E-state index contributed by atoms with van der Waals surface area (Å²) in [4.78, 5) is 24.4. The first-order valence-corrected chi connectivity index (χ1v) is 6.50. The van der Waals surface area contributed by atoms with E-state index in [1.165, 1.54) is 0 Å². The van der Waals surface area contributed by atoms with Crippen LogP contribution in [0.4, 0.5) is 0 Å². The number of hydrogen-bond donors (Lipinski definition) is 1. The number of pyridine rings is 1. The van der Waals surface area contributed by atoms with E-state index in [1.54, 1.807) is 30.0 Å². The van der Waals surface area contributed by atoms with Crippen molar-refractivity contribution in [2.45, 2.75) is 6.42 Å². The number of fused-ring (bicyclic) bond motifs is 1. The number of ether oxygens (including phenoxy) is 1. The maximum absolute atomic E-state index is 12.3. The molecule has 0 radical (unpaired) electrons. The van der Waals surface area contributed by atoms with Gasteiger partial charge in [0, 0.05) is 38.9 Å². The van der Waals surface area contributed by atoms with E-state index in [9.17, 15) is 9.59 Å². The molecule has 1 aromatic carbocycles. The molecule has 0 saturated heterocycles. The first-order valence-electron chi connectivity index (χ1n) is 6.50. The molecule has 0 saturated carbocycles. The zero-order valence-corrected chi connectivity index (χ0v) is 11.7. The number of carbonyl (C=O) groups excluding carboxylic acids is 1. The van der Waals surface area contributed by atoms with E-state index in [1.807, 2.05) is 19.2 Å². The summed E-state index contributed by atoms with van der Waals surface area (Å²) in [6.07, 6.45) is 2.30. The van der Waals surface area contributed by atoms with E-state index >= 15 is 0 Å². The SMILES string of the molecule is COCCCNC(=O)c1cn(C)c2ccccc2c1=O. The lowest BCUT2D eigenvalue weighted by atomic mass is 10.1. The second-order valence-electron chi connectivity index (χ2n) is 4.60. The molecule has 0 atom stereocenters. The number of nitrogens with one attached hydrogen (secondary N) is 1. The van der Waals surface area contributed by atoms with E-state index in [-0.39, 0.29) is 16.9 Å². The van der Waals surface area contributed by atoms with E-state index in [4.69, 9.17) is 4.74 Å². The molecule has 1 N–H and O–H groups in total. The van der Waals surface area contributed by atoms with Crippen molar-refractivity contribution >= 4 is 16.8 Å². The monoisotopic (exact) mass is 274 g/mol. The minimum Gasteiger partial charge on any atom is -0.385 e. The highest BCUT2D eigenvalue weighted by molar-refractivity contribution is 5.97. The van der Waals surface area contributed by atoms with Crippen molar-refractivity contribution < 1.29 is 9.53 Å². The first kappa shape index (κ1) is 14.3. The number of nitrogens with zero attached hydrogens (tertiary/aromatic N) is 1. The van der Waals surface area contributed by atoms with Crippen molar-refractivity contribution in [2.75, 3.05) is 20.3 Å². The zero-order chi connectivity index (χ0) is 14.5. The third kappa shape index (κ3) is 2.88. The zero-order valence-electron chi connectivity index (χ0n) is 11.7. The largest absolute Gasteiger partial charge is 0.385 e. The molecule has 0 fully saturated rings. The maximum atomic E-state index is 12.3. The third-order valence-electron chi connectivity index (χ3n) is 3.15. The smallest absolute Gasteiger partial charge is 0.256 e. The molecule has 0 aliphatic heterocycles. The van der Waals surface area contributed by atoms with Gasteiger partial charge in [-0.15, -0.1) is 0 Å². The number of para-hydroxylation sites is 1. The van der Waals surface area contributed by atoms with Crippen molar-refractivity contribution in [1.29, 1.82) is 0 Å². The molecule has 106 valence electrons. The molecular weight excluding hydrogens is 256 g/mol. The van der Waals surface area contributed by atoms with Gasteiger partial charge in [-0.25, -0.2) is 0 Å². The van der Waals surface area contributed by atoms with E-state index < -0.39 is 0 Å². The Morgan fingerprint density at radius 3 is 2.85 bits per heavy atom. The van der Waals surface area contributed by atoms with Gasteiger partial charge in [-0.05, 0) is 18.6 Å². The molecule has 0 aliphatic carbocycles. The van der Waals surface area contributed by atoms with Gasteiger partial charge in [0.15, 0.2) is 0 Å².